The van der Waals surface area contributed by atoms with Crippen LogP contribution in [0.5, 0.6) is 5.75 Å². The summed E-state index contributed by atoms with van der Waals surface area (Å²) in [5.41, 5.74) is 3.26. The maximum Gasteiger partial charge on any atom is 0.253 e. The van der Waals surface area contributed by atoms with Crippen LogP contribution in [-0.4, -0.2) is 37.3 Å². The molecule has 0 bridgehead atoms. The highest BCUT2D eigenvalue weighted by atomic mass is 16.5. The summed E-state index contributed by atoms with van der Waals surface area (Å²) >= 11 is 0. The first kappa shape index (κ1) is 23.4. The molecule has 1 amide bonds. The second kappa shape index (κ2) is 10.2. The average molecular weight is 408 g/mol. The van der Waals surface area contributed by atoms with Gasteiger partial charge in [-0.1, -0.05) is 45.9 Å². The van der Waals surface area contributed by atoms with E-state index in [4.69, 9.17) is 4.74 Å². The summed E-state index contributed by atoms with van der Waals surface area (Å²) in [5, 5.41) is 0. The first-order valence-corrected chi connectivity index (χ1v) is 10.5. The monoisotopic (exact) mass is 407 g/mol. The number of rotatable bonds is 9. The minimum Gasteiger partial charge on any atom is -0.493 e. The molecule has 2 rings (SSSR count). The van der Waals surface area contributed by atoms with Crippen molar-refractivity contribution in [3.63, 3.8) is 0 Å². The van der Waals surface area contributed by atoms with Gasteiger partial charge in [0.15, 0.2) is 5.78 Å². The highest BCUT2D eigenvalue weighted by Crippen LogP contribution is 2.31. The fourth-order valence-corrected chi connectivity index (χ4v) is 2.94. The van der Waals surface area contributed by atoms with E-state index in [0.29, 0.717) is 17.7 Å². The maximum absolute atomic E-state index is 12.7. The van der Waals surface area contributed by atoms with E-state index in [1.54, 1.807) is 44.4 Å². The van der Waals surface area contributed by atoms with Crippen LogP contribution in [0.4, 0.5) is 0 Å². The van der Waals surface area contributed by atoms with Gasteiger partial charge in [-0.15, -0.1) is 0 Å². The summed E-state index contributed by atoms with van der Waals surface area (Å²) in [5.74, 6) is 0.585. The molecule has 160 valence electrons. The van der Waals surface area contributed by atoms with Gasteiger partial charge in [0.2, 0.25) is 0 Å². The number of benzene rings is 2. The van der Waals surface area contributed by atoms with Crippen LogP contribution in [0.1, 0.15) is 72.4 Å². The molecule has 0 heterocycles. The molecule has 0 fully saturated rings. The zero-order valence-electron chi connectivity index (χ0n) is 19.0. The normalized spacial score (nSPS) is 11.5. The number of allylic oxidation sites excluding steroid dienone is 1. The van der Waals surface area contributed by atoms with Crippen LogP contribution in [0.25, 0.3) is 6.08 Å². The van der Waals surface area contributed by atoms with Crippen LogP contribution in [0.3, 0.4) is 0 Å². The van der Waals surface area contributed by atoms with Gasteiger partial charge < -0.3 is 9.64 Å². The molecule has 0 saturated carbocycles. The highest BCUT2D eigenvalue weighted by Gasteiger charge is 2.19. The fraction of sp³-hybridized carbons (Fsp3) is 0.385. The third-order valence-corrected chi connectivity index (χ3v) is 5.37. The lowest BCUT2D eigenvalue weighted by Crippen LogP contribution is -2.21. The van der Waals surface area contributed by atoms with Crippen molar-refractivity contribution in [2.24, 2.45) is 0 Å². The molecule has 2 aromatic carbocycles. The summed E-state index contributed by atoms with van der Waals surface area (Å²) in [4.78, 5) is 26.2. The molecule has 0 radical (unpaired) electrons. The van der Waals surface area contributed by atoms with Crippen LogP contribution < -0.4 is 4.74 Å². The lowest BCUT2D eigenvalue weighted by Gasteiger charge is -2.24. The van der Waals surface area contributed by atoms with Crippen LogP contribution >= 0.6 is 0 Å². The smallest absolute Gasteiger partial charge is 0.253 e. The summed E-state index contributed by atoms with van der Waals surface area (Å²) in [6.45, 7) is 9.30. The third kappa shape index (κ3) is 5.82. The molecule has 0 unspecified atom stereocenters. The maximum atomic E-state index is 12.7. The lowest BCUT2D eigenvalue weighted by atomic mass is 9.81. The molecule has 2 aromatic rings. The number of amides is 1. The Morgan fingerprint density at radius 2 is 1.63 bits per heavy atom. The van der Waals surface area contributed by atoms with E-state index in [0.717, 1.165) is 24.2 Å². The standard InChI is InChI=1S/C26H33NO3/c1-7-17-30-24-16-14-22(26(3,4)8-2)18-21(24)13-15-23(28)19-9-11-20(12-10-19)25(29)27(5)6/h9-16,18H,7-8,17H2,1-6H3. The van der Waals surface area contributed by atoms with Gasteiger partial charge >= 0.3 is 0 Å². The molecule has 0 N–H and O–H groups in total. The van der Waals surface area contributed by atoms with Crippen LogP contribution in [-0.2, 0) is 5.41 Å². The molecule has 0 spiro atoms. The van der Waals surface area contributed by atoms with Crippen molar-refractivity contribution in [1.29, 1.82) is 0 Å². The van der Waals surface area contributed by atoms with Crippen molar-refractivity contribution >= 4 is 17.8 Å². The van der Waals surface area contributed by atoms with Crippen molar-refractivity contribution in [3.05, 3.63) is 70.8 Å². The molecule has 0 atom stereocenters. The molecule has 0 saturated heterocycles. The third-order valence-electron chi connectivity index (χ3n) is 5.37. The Morgan fingerprint density at radius 3 is 2.20 bits per heavy atom. The van der Waals surface area contributed by atoms with Gasteiger partial charge in [-0.2, -0.15) is 0 Å². The second-order valence-electron chi connectivity index (χ2n) is 8.31. The van der Waals surface area contributed by atoms with E-state index >= 15 is 0 Å². The van der Waals surface area contributed by atoms with E-state index in [-0.39, 0.29) is 17.1 Å². The molecular weight excluding hydrogens is 374 g/mol. The lowest BCUT2D eigenvalue weighted by molar-refractivity contribution is 0.0827. The zero-order chi connectivity index (χ0) is 22.3. The number of carbonyl (C=O) groups is 2. The van der Waals surface area contributed by atoms with Gasteiger partial charge in [0.05, 0.1) is 6.61 Å². The van der Waals surface area contributed by atoms with Crippen LogP contribution in [0.15, 0.2) is 48.5 Å². The van der Waals surface area contributed by atoms with E-state index in [9.17, 15) is 9.59 Å². The number of hydrogen-bond acceptors (Lipinski definition) is 3. The van der Waals surface area contributed by atoms with Crippen molar-refractivity contribution in [3.8, 4) is 5.75 Å². The Bertz CT molecular complexity index is 908. The molecule has 0 aromatic heterocycles. The van der Waals surface area contributed by atoms with Crippen molar-refractivity contribution in [1.82, 2.24) is 4.90 Å². The van der Waals surface area contributed by atoms with Gasteiger partial charge in [0, 0.05) is 30.8 Å². The molecule has 30 heavy (non-hydrogen) atoms. The van der Waals surface area contributed by atoms with Gasteiger partial charge in [0.1, 0.15) is 5.75 Å². The number of ketones is 1. The van der Waals surface area contributed by atoms with E-state index in [1.807, 2.05) is 12.1 Å². The summed E-state index contributed by atoms with van der Waals surface area (Å²) in [7, 11) is 3.41. The Hall–Kier alpha value is -2.88. The minimum atomic E-state index is -0.111. The average Bonchev–Trinajstić information content (AvgIpc) is 2.75. The molecule has 0 aliphatic heterocycles. The SMILES string of the molecule is CCCOc1ccc(C(C)(C)CC)cc1C=CC(=O)c1ccc(C(=O)N(C)C)cc1. The summed E-state index contributed by atoms with van der Waals surface area (Å²) in [6.07, 6.45) is 5.33. The van der Waals surface area contributed by atoms with Gasteiger partial charge in [-0.05, 0) is 60.2 Å². The topological polar surface area (TPSA) is 46.6 Å². The van der Waals surface area contributed by atoms with E-state index in [2.05, 4.69) is 39.8 Å². The second-order valence-corrected chi connectivity index (χ2v) is 8.31. The Balaban J connectivity index is 2.29. The zero-order valence-corrected chi connectivity index (χ0v) is 19.0. The van der Waals surface area contributed by atoms with Gasteiger partial charge in [0.25, 0.3) is 5.91 Å². The van der Waals surface area contributed by atoms with Crippen molar-refractivity contribution < 1.29 is 14.3 Å². The number of carbonyl (C=O) groups excluding carboxylic acids is 2. The Morgan fingerprint density at radius 1 is 1.00 bits per heavy atom. The van der Waals surface area contributed by atoms with E-state index < -0.39 is 0 Å². The quantitative estimate of drug-likeness (QED) is 0.392. The van der Waals surface area contributed by atoms with Crippen LogP contribution in [0, 0.1) is 0 Å². The fourth-order valence-electron chi connectivity index (χ4n) is 2.94. The Kier molecular flexibility index (Phi) is 7.99. The molecular formula is C26H33NO3. The van der Waals surface area contributed by atoms with Gasteiger partial charge in [-0.25, -0.2) is 0 Å². The minimum absolute atomic E-state index is 0.0463. The predicted molar refractivity (Wildman–Crippen MR) is 123 cm³/mol. The Labute approximate surface area is 180 Å². The molecule has 4 heteroatoms. The largest absolute Gasteiger partial charge is 0.493 e. The molecule has 0 aliphatic rings. The number of nitrogens with zero attached hydrogens (tertiary/aromatic N) is 1. The van der Waals surface area contributed by atoms with Crippen LogP contribution in [0.2, 0.25) is 0 Å². The van der Waals surface area contributed by atoms with Crippen molar-refractivity contribution in [2.45, 2.75) is 46.0 Å². The predicted octanol–water partition coefficient (Wildman–Crippen LogP) is 5.76. The summed E-state index contributed by atoms with van der Waals surface area (Å²) < 4.78 is 5.89. The molecule has 0 aliphatic carbocycles. The number of ether oxygens (including phenoxy) is 1. The first-order chi connectivity index (χ1) is 14.2. The van der Waals surface area contributed by atoms with Crippen molar-refractivity contribution in [2.75, 3.05) is 20.7 Å². The summed E-state index contributed by atoms with van der Waals surface area (Å²) in [6, 6.07) is 13.0. The molecule has 4 nitrogen and oxygen atoms in total. The van der Waals surface area contributed by atoms with E-state index in [1.165, 1.54) is 10.5 Å². The highest BCUT2D eigenvalue weighted by molar-refractivity contribution is 6.07. The van der Waals surface area contributed by atoms with Gasteiger partial charge in [-0.3, -0.25) is 9.59 Å². The first-order valence-electron chi connectivity index (χ1n) is 10.5. The number of hydrogen-bond donors (Lipinski definition) is 0.